The van der Waals surface area contributed by atoms with E-state index < -0.39 is 0 Å². The molecule has 0 saturated carbocycles. The quantitative estimate of drug-likeness (QED) is 0.302. The van der Waals surface area contributed by atoms with E-state index in [2.05, 4.69) is 0 Å². The summed E-state index contributed by atoms with van der Waals surface area (Å²) in [4.78, 5) is 40.5. The minimum absolute atomic E-state index is 0. The van der Waals surface area contributed by atoms with E-state index in [0.29, 0.717) is 6.42 Å². The van der Waals surface area contributed by atoms with Crippen molar-refractivity contribution in [1.82, 2.24) is 0 Å². The maximum Gasteiger partial charge on any atom is 2.00 e. The average Bonchev–Trinajstić information content (AvgIpc) is 2.49. The van der Waals surface area contributed by atoms with E-state index in [-0.39, 0.29) is 85.3 Å². The van der Waals surface area contributed by atoms with Crippen LogP contribution in [-0.2, 0) is 61.3 Å². The van der Waals surface area contributed by atoms with Crippen LogP contribution in [0.2, 0.25) is 0 Å². The Balaban J connectivity index is -0.0000000396. The molecule has 25 heavy (non-hydrogen) atoms. The van der Waals surface area contributed by atoms with Gasteiger partial charge in [-0.3, -0.25) is 22.2 Å². The Bertz CT molecular complexity index is 271. The maximum absolute atomic E-state index is 11.0. The Hall–Kier alpha value is 0.0566. The van der Waals surface area contributed by atoms with E-state index in [0.717, 1.165) is 0 Å². The maximum atomic E-state index is 11.0. The summed E-state index contributed by atoms with van der Waals surface area (Å²) < 4.78 is 0. The number of carbonyl (C=O) groups excluding carboxylic acids is 4. The van der Waals surface area contributed by atoms with Crippen LogP contribution in [0, 0.1) is 25.2 Å². The van der Waals surface area contributed by atoms with Gasteiger partial charge in [0.1, 0.15) is 11.6 Å². The zero-order chi connectivity index (χ0) is 18.7. The van der Waals surface area contributed by atoms with Crippen LogP contribution < -0.4 is 0 Å². The second-order valence-corrected chi connectivity index (χ2v) is 5.19. The summed E-state index contributed by atoms with van der Waals surface area (Å²) in [5.41, 5.74) is 0. The molecule has 0 atom stereocenters. The van der Waals surface area contributed by atoms with E-state index in [1.54, 1.807) is 33.3 Å². The Morgan fingerprint density at radius 1 is 0.840 bits per heavy atom. The molecule has 0 spiro atoms. The molecule has 0 rings (SSSR count). The molecule has 0 fully saturated rings. The number of ketones is 2. The van der Waals surface area contributed by atoms with E-state index in [1.165, 1.54) is 0 Å². The van der Waals surface area contributed by atoms with Gasteiger partial charge in [0.15, 0.2) is 0 Å². The molecule has 0 aliphatic carbocycles. The average molecular weight is 697 g/mol. The molecule has 0 radical (unpaired) electrons. The van der Waals surface area contributed by atoms with Gasteiger partial charge >= 0.3 is 21.1 Å². The molecule has 0 aromatic carbocycles. The molecule has 4 nitrogen and oxygen atoms in total. The van der Waals surface area contributed by atoms with Gasteiger partial charge in [-0.15, -0.1) is 5.92 Å². The molecule has 0 aliphatic rings. The van der Waals surface area contributed by atoms with E-state index in [9.17, 15) is 14.4 Å². The fourth-order valence-corrected chi connectivity index (χ4v) is 0.580. The van der Waals surface area contributed by atoms with Gasteiger partial charge in [-0.05, 0) is 0 Å². The fourth-order valence-electron chi connectivity index (χ4n) is 0.580. The molecule has 0 heterocycles. The van der Waals surface area contributed by atoms with Crippen molar-refractivity contribution in [2.75, 3.05) is 0 Å². The normalized spacial score (nSPS) is 7.68. The van der Waals surface area contributed by atoms with E-state index in [4.69, 9.17) is 4.79 Å². The third-order valence-corrected chi connectivity index (χ3v) is 2.02. The summed E-state index contributed by atoms with van der Waals surface area (Å²) in [6.07, 6.45) is 4.08. The smallest absolute Gasteiger partial charge is 0.542 e. The molecular formula is C19H37O4W2-. The number of carbonyl (C=O) groups is 2. The SMILES string of the molecule is CC.CC(C)C(=O)CC(=O)C(C)C.CC(C)[C-]=O.CC[C-]=O.[CH3-].[W+2].[W]. The van der Waals surface area contributed by atoms with E-state index in [1.807, 2.05) is 41.5 Å². The third kappa shape index (κ3) is 51.6. The van der Waals surface area contributed by atoms with Crippen molar-refractivity contribution < 1.29 is 61.3 Å². The van der Waals surface area contributed by atoms with Crippen LogP contribution >= 0.6 is 0 Å². The van der Waals surface area contributed by atoms with Crippen molar-refractivity contribution in [1.29, 1.82) is 0 Å². The van der Waals surface area contributed by atoms with Gasteiger partial charge in [-0.1, -0.05) is 62.3 Å². The zero-order valence-corrected chi connectivity index (χ0v) is 23.5. The predicted octanol–water partition coefficient (Wildman–Crippen LogP) is 4.56. The molecule has 0 saturated heterocycles. The molecule has 0 aromatic rings. The zero-order valence-electron chi connectivity index (χ0n) is 17.6. The number of hydrogen-bond acceptors (Lipinski definition) is 4. The van der Waals surface area contributed by atoms with Gasteiger partial charge < -0.3 is 17.0 Å². The number of Topliss-reactive ketones (excluding diaryl/α,β-unsaturated/α-hetero) is 2. The third-order valence-electron chi connectivity index (χ3n) is 2.02. The first kappa shape index (κ1) is 44.5. The van der Waals surface area contributed by atoms with Gasteiger partial charge in [0.25, 0.3) is 0 Å². The Labute approximate surface area is 185 Å². The van der Waals surface area contributed by atoms with Crippen molar-refractivity contribution in [3.05, 3.63) is 7.43 Å². The second kappa shape index (κ2) is 35.2. The minimum Gasteiger partial charge on any atom is -0.542 e. The van der Waals surface area contributed by atoms with Gasteiger partial charge in [0.05, 0.1) is 6.42 Å². The molecule has 0 aromatic heterocycles. The van der Waals surface area contributed by atoms with Crippen LogP contribution in [0.25, 0.3) is 0 Å². The van der Waals surface area contributed by atoms with Gasteiger partial charge in [-0.2, -0.15) is 6.42 Å². The number of rotatable bonds is 6. The molecular weight excluding hydrogens is 660 g/mol. The standard InChI is InChI=1S/C9H16O2.C4H7O.C3H5O.C2H6.CH3.2W/c1-6(2)8(10)5-9(11)7(3)4;1-4(2)3-5;1-2-3-4;1-2;;;/h6-7H,5H2,1-4H3;4H,1-2H3;2H2,1H3;1-2H3;1H3;;/q;2*-1;;-1;;+2. The molecule has 150 valence electrons. The largest absolute Gasteiger partial charge is 2.00 e. The molecule has 0 unspecified atom stereocenters. The molecule has 0 N–H and O–H groups in total. The van der Waals surface area contributed by atoms with Crippen LogP contribution in [0.5, 0.6) is 0 Å². The Kier molecular flexibility index (Phi) is 62.6. The summed E-state index contributed by atoms with van der Waals surface area (Å²) in [6.45, 7) is 16.6. The number of hydrogen-bond donors (Lipinski definition) is 0. The molecule has 0 bridgehead atoms. The summed E-state index contributed by atoms with van der Waals surface area (Å²) in [5.74, 6) is 0.137. The van der Waals surface area contributed by atoms with Crippen molar-refractivity contribution in [2.24, 2.45) is 17.8 Å². The van der Waals surface area contributed by atoms with E-state index >= 15 is 0 Å². The van der Waals surface area contributed by atoms with Crippen LogP contribution in [0.15, 0.2) is 0 Å². The van der Waals surface area contributed by atoms with Crippen LogP contribution in [0.1, 0.15) is 75.2 Å². The van der Waals surface area contributed by atoms with Crippen LogP contribution in [0.4, 0.5) is 0 Å². The molecule has 0 aliphatic heterocycles. The Morgan fingerprint density at radius 2 is 1.04 bits per heavy atom. The first-order valence-corrected chi connectivity index (χ1v) is 7.91. The van der Waals surface area contributed by atoms with Crippen molar-refractivity contribution >= 4 is 24.1 Å². The fraction of sp³-hybridized carbons (Fsp3) is 0.737. The topological polar surface area (TPSA) is 68.3 Å². The van der Waals surface area contributed by atoms with Crippen molar-refractivity contribution in [2.45, 2.75) is 75.2 Å². The van der Waals surface area contributed by atoms with Gasteiger partial charge in [-0.25, -0.2) is 0 Å². The van der Waals surface area contributed by atoms with Crippen LogP contribution in [-0.4, -0.2) is 24.1 Å². The summed E-state index contributed by atoms with van der Waals surface area (Å²) in [5, 5.41) is 0. The molecule has 0 amide bonds. The summed E-state index contributed by atoms with van der Waals surface area (Å²) in [6, 6.07) is 0. The van der Waals surface area contributed by atoms with Gasteiger partial charge in [0.2, 0.25) is 0 Å². The second-order valence-electron chi connectivity index (χ2n) is 5.19. The minimum atomic E-state index is -0.0160. The molecule has 6 heteroatoms. The monoisotopic (exact) mass is 697 g/mol. The Morgan fingerprint density at radius 3 is 1.12 bits per heavy atom. The van der Waals surface area contributed by atoms with Crippen LogP contribution in [0.3, 0.4) is 0 Å². The summed E-state index contributed by atoms with van der Waals surface area (Å²) >= 11 is 0. The predicted molar refractivity (Wildman–Crippen MR) is 98.6 cm³/mol. The van der Waals surface area contributed by atoms with Crippen molar-refractivity contribution in [3.63, 3.8) is 0 Å². The van der Waals surface area contributed by atoms with Gasteiger partial charge in [0, 0.05) is 32.9 Å². The van der Waals surface area contributed by atoms with Crippen molar-refractivity contribution in [3.8, 4) is 0 Å². The summed E-state index contributed by atoms with van der Waals surface area (Å²) in [7, 11) is 0. The first-order chi connectivity index (χ1) is 10.1. The first-order valence-electron chi connectivity index (χ1n) is 7.91.